The molecule has 2 aromatic rings. The molecule has 1 saturated heterocycles. The highest BCUT2D eigenvalue weighted by Gasteiger charge is 2.27. The Balaban J connectivity index is 1.83. The van der Waals surface area contributed by atoms with Gasteiger partial charge in [0.1, 0.15) is 11.7 Å². The number of benzene rings is 1. The number of pyridine rings is 1. The highest BCUT2D eigenvalue weighted by Crippen LogP contribution is 2.24. The summed E-state index contributed by atoms with van der Waals surface area (Å²) >= 11 is 5.93. The Morgan fingerprint density at radius 3 is 2.64 bits per heavy atom. The van der Waals surface area contributed by atoms with Crippen molar-refractivity contribution in [1.29, 1.82) is 0 Å². The van der Waals surface area contributed by atoms with E-state index in [9.17, 15) is 9.59 Å². The van der Waals surface area contributed by atoms with Crippen LogP contribution in [0.3, 0.4) is 0 Å². The average Bonchev–Trinajstić information content (AvgIpc) is 2.62. The van der Waals surface area contributed by atoms with Gasteiger partial charge in [0, 0.05) is 23.8 Å². The summed E-state index contributed by atoms with van der Waals surface area (Å²) in [5, 5.41) is 0.660. The molecule has 0 spiro atoms. The van der Waals surface area contributed by atoms with Gasteiger partial charge in [0.25, 0.3) is 11.5 Å². The van der Waals surface area contributed by atoms with Crippen LogP contribution in [0.5, 0.6) is 0 Å². The van der Waals surface area contributed by atoms with Gasteiger partial charge in [-0.3, -0.25) is 9.59 Å². The molecule has 1 aromatic carbocycles. The van der Waals surface area contributed by atoms with Gasteiger partial charge in [-0.15, -0.1) is 0 Å². The number of carbonyl (C=O) groups is 1. The second kappa shape index (κ2) is 7.42. The fraction of sp³-hybridized carbons (Fsp3) is 0.368. The molecule has 1 amide bonds. The van der Waals surface area contributed by atoms with E-state index in [4.69, 9.17) is 16.3 Å². The number of aromatic nitrogens is 1. The van der Waals surface area contributed by atoms with Crippen molar-refractivity contribution < 1.29 is 9.53 Å². The van der Waals surface area contributed by atoms with E-state index in [2.05, 4.69) is 0 Å². The highest BCUT2D eigenvalue weighted by atomic mass is 35.5. The monoisotopic (exact) mass is 360 g/mol. The number of ether oxygens (including phenoxy) is 1. The van der Waals surface area contributed by atoms with Crippen LogP contribution in [0.4, 0.5) is 0 Å². The van der Waals surface area contributed by atoms with Crippen molar-refractivity contribution in [3.8, 4) is 0 Å². The molecule has 0 unspecified atom stereocenters. The zero-order valence-electron chi connectivity index (χ0n) is 14.4. The lowest BCUT2D eigenvalue weighted by Gasteiger charge is -2.33. The molecule has 0 saturated carbocycles. The first-order valence-corrected chi connectivity index (χ1v) is 8.76. The summed E-state index contributed by atoms with van der Waals surface area (Å²) in [6, 6.07) is 10.9. The van der Waals surface area contributed by atoms with E-state index in [0.29, 0.717) is 31.3 Å². The molecule has 25 heavy (non-hydrogen) atoms. The maximum absolute atomic E-state index is 12.9. The third-order valence-corrected chi connectivity index (χ3v) is 4.79. The number of nitrogens with zero attached hydrogens (tertiary/aromatic N) is 2. The summed E-state index contributed by atoms with van der Waals surface area (Å²) in [4.78, 5) is 27.1. The third-order valence-electron chi connectivity index (χ3n) is 4.53. The van der Waals surface area contributed by atoms with Crippen LogP contribution in [0, 0.1) is 6.92 Å². The minimum atomic E-state index is -0.241. The van der Waals surface area contributed by atoms with Crippen molar-refractivity contribution in [2.45, 2.75) is 26.5 Å². The van der Waals surface area contributed by atoms with Crippen LogP contribution >= 0.6 is 11.6 Å². The number of carbonyl (C=O) groups excluding carboxylic acids is 1. The number of aryl methyl sites for hydroxylation is 1. The Kier molecular flexibility index (Phi) is 5.25. The summed E-state index contributed by atoms with van der Waals surface area (Å²) < 4.78 is 7.41. The molecule has 132 valence electrons. The molecular formula is C19H21ClN2O3. The molecule has 0 radical (unpaired) electrons. The molecule has 1 aliphatic rings. The van der Waals surface area contributed by atoms with Crippen molar-refractivity contribution in [2.24, 2.45) is 0 Å². The molecule has 0 N–H and O–H groups in total. The lowest BCUT2D eigenvalue weighted by Crippen LogP contribution is -2.44. The quantitative estimate of drug-likeness (QED) is 0.845. The average molecular weight is 361 g/mol. The van der Waals surface area contributed by atoms with Gasteiger partial charge in [-0.1, -0.05) is 23.7 Å². The predicted octanol–water partition coefficient (Wildman–Crippen LogP) is 3.04. The Bertz CT molecular complexity index is 830. The SMILES string of the molecule is CCn1c(C)ccc(C(=O)N2CCO[C@H](c3ccc(Cl)cc3)C2)c1=O. The van der Waals surface area contributed by atoms with Gasteiger partial charge < -0.3 is 14.2 Å². The number of morpholine rings is 1. The molecule has 2 heterocycles. The molecule has 1 aliphatic heterocycles. The van der Waals surface area contributed by atoms with E-state index >= 15 is 0 Å². The van der Waals surface area contributed by atoms with Crippen LogP contribution in [-0.2, 0) is 11.3 Å². The van der Waals surface area contributed by atoms with Gasteiger partial charge in [0.2, 0.25) is 0 Å². The molecule has 6 heteroatoms. The molecule has 1 atom stereocenters. The van der Waals surface area contributed by atoms with Gasteiger partial charge in [0.05, 0.1) is 13.2 Å². The number of hydrogen-bond donors (Lipinski definition) is 0. The normalized spacial score (nSPS) is 17.6. The van der Waals surface area contributed by atoms with Gasteiger partial charge in [-0.05, 0) is 43.7 Å². The minimum Gasteiger partial charge on any atom is -0.370 e. The Morgan fingerprint density at radius 1 is 1.24 bits per heavy atom. The third kappa shape index (κ3) is 3.62. The minimum absolute atomic E-state index is 0.212. The van der Waals surface area contributed by atoms with Crippen LogP contribution in [0.1, 0.15) is 34.6 Å². The summed E-state index contributed by atoms with van der Waals surface area (Å²) in [7, 11) is 0. The van der Waals surface area contributed by atoms with Crippen molar-refractivity contribution in [1.82, 2.24) is 9.47 Å². The van der Waals surface area contributed by atoms with Gasteiger partial charge >= 0.3 is 0 Å². The lowest BCUT2D eigenvalue weighted by atomic mass is 10.1. The van der Waals surface area contributed by atoms with E-state index in [-0.39, 0.29) is 23.1 Å². The van der Waals surface area contributed by atoms with Crippen LogP contribution < -0.4 is 5.56 Å². The predicted molar refractivity (Wildman–Crippen MR) is 97.2 cm³/mol. The van der Waals surface area contributed by atoms with E-state index in [0.717, 1.165) is 11.3 Å². The lowest BCUT2D eigenvalue weighted by molar-refractivity contribution is -0.0229. The smallest absolute Gasteiger partial charge is 0.263 e. The van der Waals surface area contributed by atoms with E-state index < -0.39 is 0 Å². The molecular weight excluding hydrogens is 340 g/mol. The second-order valence-electron chi connectivity index (χ2n) is 6.10. The molecule has 1 aromatic heterocycles. The molecule has 0 aliphatic carbocycles. The Morgan fingerprint density at radius 2 is 1.96 bits per heavy atom. The molecule has 1 fully saturated rings. The number of hydrogen-bond acceptors (Lipinski definition) is 3. The van der Waals surface area contributed by atoms with Crippen molar-refractivity contribution >= 4 is 17.5 Å². The van der Waals surface area contributed by atoms with Crippen molar-refractivity contribution in [3.63, 3.8) is 0 Å². The highest BCUT2D eigenvalue weighted by molar-refractivity contribution is 6.30. The van der Waals surface area contributed by atoms with Gasteiger partial charge in [-0.2, -0.15) is 0 Å². The van der Waals surface area contributed by atoms with Crippen LogP contribution in [0.15, 0.2) is 41.2 Å². The Hall–Kier alpha value is -2.11. The first kappa shape index (κ1) is 17.7. The Labute approximate surface area is 151 Å². The van der Waals surface area contributed by atoms with E-state index in [1.54, 1.807) is 27.7 Å². The number of halogens is 1. The van der Waals surface area contributed by atoms with E-state index in [1.165, 1.54) is 0 Å². The first-order valence-electron chi connectivity index (χ1n) is 8.38. The first-order chi connectivity index (χ1) is 12.0. The summed E-state index contributed by atoms with van der Waals surface area (Å²) in [6.45, 7) is 5.63. The largest absolute Gasteiger partial charge is 0.370 e. The second-order valence-corrected chi connectivity index (χ2v) is 6.54. The van der Waals surface area contributed by atoms with E-state index in [1.807, 2.05) is 32.0 Å². The number of rotatable bonds is 3. The zero-order chi connectivity index (χ0) is 18.0. The fourth-order valence-electron chi connectivity index (χ4n) is 3.11. The summed E-state index contributed by atoms with van der Waals surface area (Å²) in [5.74, 6) is -0.241. The van der Waals surface area contributed by atoms with Crippen molar-refractivity contribution in [3.05, 3.63) is 68.6 Å². The topological polar surface area (TPSA) is 51.5 Å². The van der Waals surface area contributed by atoms with Gasteiger partial charge in [-0.25, -0.2) is 0 Å². The standard InChI is InChI=1S/C19H21ClN2O3/c1-3-22-13(2)4-9-16(19(22)24)18(23)21-10-11-25-17(12-21)14-5-7-15(20)8-6-14/h4-9,17H,3,10-12H2,1-2H3/t17-/m0/s1. The summed E-state index contributed by atoms with van der Waals surface area (Å²) in [6.07, 6.45) is -0.214. The van der Waals surface area contributed by atoms with Crippen LogP contribution in [0.25, 0.3) is 0 Å². The maximum atomic E-state index is 12.9. The fourth-order valence-corrected chi connectivity index (χ4v) is 3.24. The molecule has 0 bridgehead atoms. The molecule has 5 nitrogen and oxygen atoms in total. The zero-order valence-corrected chi connectivity index (χ0v) is 15.1. The molecule has 3 rings (SSSR count). The maximum Gasteiger partial charge on any atom is 0.263 e. The van der Waals surface area contributed by atoms with Gasteiger partial charge in [0.15, 0.2) is 0 Å². The summed E-state index contributed by atoms with van der Waals surface area (Å²) in [5.41, 5.74) is 1.80. The van der Waals surface area contributed by atoms with Crippen LogP contribution in [-0.4, -0.2) is 35.1 Å². The number of amides is 1. The van der Waals surface area contributed by atoms with Crippen molar-refractivity contribution in [2.75, 3.05) is 19.7 Å². The van der Waals surface area contributed by atoms with Crippen LogP contribution in [0.2, 0.25) is 5.02 Å².